The summed E-state index contributed by atoms with van der Waals surface area (Å²) in [5, 5.41) is 8.40. The van der Waals surface area contributed by atoms with Crippen LogP contribution >= 0.6 is 0 Å². The van der Waals surface area contributed by atoms with Gasteiger partial charge in [-0.05, 0) is 61.0 Å². The molecule has 0 aliphatic heterocycles. The van der Waals surface area contributed by atoms with Crippen molar-refractivity contribution < 1.29 is 18.4 Å². The highest BCUT2D eigenvalue weighted by atomic mass is 19.1. The molecule has 3 aromatic carbocycles. The fraction of sp³-hybridized carbons (Fsp3) is 0.130. The summed E-state index contributed by atoms with van der Waals surface area (Å²) in [5.74, 6) is -1.52. The number of amides is 2. The van der Waals surface area contributed by atoms with Crippen LogP contribution in [-0.4, -0.2) is 18.4 Å². The van der Waals surface area contributed by atoms with Crippen LogP contribution < -0.4 is 16.0 Å². The first kappa shape index (κ1) is 21.1. The van der Waals surface area contributed by atoms with Crippen LogP contribution in [0.3, 0.4) is 0 Å². The molecule has 0 unspecified atom stereocenters. The molecular weight excluding hydrogens is 388 g/mol. The number of benzene rings is 3. The second-order valence-electron chi connectivity index (χ2n) is 6.71. The van der Waals surface area contributed by atoms with E-state index >= 15 is 0 Å². The van der Waals surface area contributed by atoms with Crippen molar-refractivity contribution in [3.63, 3.8) is 0 Å². The van der Waals surface area contributed by atoms with Gasteiger partial charge >= 0.3 is 0 Å². The third-order valence-corrected chi connectivity index (χ3v) is 4.47. The average molecular weight is 409 g/mol. The lowest BCUT2D eigenvalue weighted by molar-refractivity contribution is -0.115. The van der Waals surface area contributed by atoms with Gasteiger partial charge in [-0.3, -0.25) is 9.59 Å². The third kappa shape index (κ3) is 5.71. The highest BCUT2D eigenvalue weighted by molar-refractivity contribution is 6.10. The Morgan fingerprint density at radius 2 is 1.60 bits per heavy atom. The zero-order valence-electron chi connectivity index (χ0n) is 16.3. The molecule has 154 valence electrons. The summed E-state index contributed by atoms with van der Waals surface area (Å²) in [7, 11) is 0. The molecule has 2 amide bonds. The molecule has 0 heterocycles. The van der Waals surface area contributed by atoms with Crippen LogP contribution in [0, 0.1) is 11.6 Å². The summed E-state index contributed by atoms with van der Waals surface area (Å²) in [6.07, 6.45) is 0. The van der Waals surface area contributed by atoms with E-state index in [1.54, 1.807) is 36.4 Å². The average Bonchev–Trinajstić information content (AvgIpc) is 2.74. The summed E-state index contributed by atoms with van der Waals surface area (Å²) in [4.78, 5) is 24.9. The van der Waals surface area contributed by atoms with Crippen LogP contribution in [0.15, 0.2) is 72.8 Å². The number of hydrogen-bond acceptors (Lipinski definition) is 3. The van der Waals surface area contributed by atoms with Gasteiger partial charge in [0.05, 0.1) is 17.8 Å². The maximum atomic E-state index is 13.3. The van der Waals surface area contributed by atoms with Gasteiger partial charge in [-0.2, -0.15) is 0 Å². The van der Waals surface area contributed by atoms with Gasteiger partial charge in [-0.15, -0.1) is 0 Å². The Morgan fingerprint density at radius 1 is 0.867 bits per heavy atom. The number of carbonyl (C=O) groups excluding carboxylic acids is 2. The van der Waals surface area contributed by atoms with Crippen LogP contribution in [0.5, 0.6) is 0 Å². The van der Waals surface area contributed by atoms with Gasteiger partial charge in [-0.1, -0.05) is 24.3 Å². The first-order valence-electron chi connectivity index (χ1n) is 9.37. The summed E-state index contributed by atoms with van der Waals surface area (Å²) in [6, 6.07) is 17.9. The Hall–Kier alpha value is -3.58. The zero-order chi connectivity index (χ0) is 21.5. The fourth-order valence-corrected chi connectivity index (χ4v) is 2.86. The number of hydrogen-bond donors (Lipinski definition) is 3. The molecule has 0 aliphatic carbocycles. The highest BCUT2D eigenvalue weighted by Gasteiger charge is 2.14. The molecule has 1 atom stereocenters. The summed E-state index contributed by atoms with van der Waals surface area (Å²) < 4.78 is 26.4. The normalized spacial score (nSPS) is 11.6. The Morgan fingerprint density at radius 3 is 2.33 bits per heavy atom. The lowest BCUT2D eigenvalue weighted by atomic mass is 10.1. The third-order valence-electron chi connectivity index (χ3n) is 4.47. The number of rotatable bonds is 7. The monoisotopic (exact) mass is 409 g/mol. The van der Waals surface area contributed by atoms with Gasteiger partial charge < -0.3 is 16.0 Å². The van der Waals surface area contributed by atoms with E-state index in [1.807, 2.05) is 6.92 Å². The number of para-hydroxylation sites is 1. The van der Waals surface area contributed by atoms with Crippen LogP contribution in [0.4, 0.5) is 20.2 Å². The minimum atomic E-state index is -0.432. The van der Waals surface area contributed by atoms with Crippen molar-refractivity contribution in [2.45, 2.75) is 13.0 Å². The van der Waals surface area contributed by atoms with E-state index < -0.39 is 11.7 Å². The molecular formula is C23H21F2N3O2. The van der Waals surface area contributed by atoms with Crippen molar-refractivity contribution >= 4 is 23.2 Å². The van der Waals surface area contributed by atoms with E-state index in [4.69, 9.17) is 0 Å². The molecule has 0 aromatic heterocycles. The van der Waals surface area contributed by atoms with Gasteiger partial charge in [0.15, 0.2) is 0 Å². The van der Waals surface area contributed by atoms with Gasteiger partial charge in [0.2, 0.25) is 5.91 Å². The van der Waals surface area contributed by atoms with Crippen LogP contribution in [0.25, 0.3) is 0 Å². The number of nitrogens with one attached hydrogen (secondary N) is 3. The molecule has 0 saturated carbocycles. The van der Waals surface area contributed by atoms with Crippen molar-refractivity contribution in [1.82, 2.24) is 5.32 Å². The Bertz CT molecular complexity index is 1040. The minimum absolute atomic E-state index is 0.0222. The summed E-state index contributed by atoms with van der Waals surface area (Å²) in [5.41, 5.74) is 1.78. The molecule has 30 heavy (non-hydrogen) atoms. The van der Waals surface area contributed by atoms with Crippen LogP contribution in [0.1, 0.15) is 28.9 Å². The Kier molecular flexibility index (Phi) is 6.87. The number of halogens is 2. The minimum Gasteiger partial charge on any atom is -0.324 e. The molecule has 0 radical (unpaired) electrons. The predicted molar refractivity (Wildman–Crippen MR) is 112 cm³/mol. The standard InChI is InChI=1S/C23H21F2N3O2/c1-15(16-5-4-6-18(25)13-16)26-14-22(29)28-21-8-3-2-7-20(21)23(30)27-19-11-9-17(24)10-12-19/h2-13,15,26H,14H2,1H3,(H,27,30)(H,28,29)/t15-/m0/s1. The van der Waals surface area contributed by atoms with Gasteiger partial charge in [0.1, 0.15) is 11.6 Å². The van der Waals surface area contributed by atoms with Crippen molar-refractivity contribution in [2.24, 2.45) is 0 Å². The molecule has 7 heteroatoms. The van der Waals surface area contributed by atoms with Crippen LogP contribution in [-0.2, 0) is 4.79 Å². The first-order chi connectivity index (χ1) is 14.4. The van der Waals surface area contributed by atoms with Crippen molar-refractivity contribution in [3.8, 4) is 0 Å². The van der Waals surface area contributed by atoms with E-state index in [2.05, 4.69) is 16.0 Å². The van der Waals surface area contributed by atoms with Gasteiger partial charge in [-0.25, -0.2) is 8.78 Å². The predicted octanol–water partition coefficient (Wildman–Crippen LogP) is 4.51. The summed E-state index contributed by atoms with van der Waals surface area (Å²) in [6.45, 7) is 1.80. The number of carbonyl (C=O) groups is 2. The van der Waals surface area contributed by atoms with Gasteiger partial charge in [0, 0.05) is 11.7 Å². The molecule has 5 nitrogen and oxygen atoms in total. The van der Waals surface area contributed by atoms with Crippen molar-refractivity contribution in [3.05, 3.63) is 95.6 Å². The van der Waals surface area contributed by atoms with E-state index in [-0.39, 0.29) is 29.9 Å². The molecule has 0 fully saturated rings. The lowest BCUT2D eigenvalue weighted by Gasteiger charge is -2.15. The van der Waals surface area contributed by atoms with Gasteiger partial charge in [0.25, 0.3) is 5.91 Å². The Labute approximate surface area is 173 Å². The molecule has 0 bridgehead atoms. The number of anilines is 2. The maximum absolute atomic E-state index is 13.3. The lowest BCUT2D eigenvalue weighted by Crippen LogP contribution is -2.30. The quantitative estimate of drug-likeness (QED) is 0.538. The largest absolute Gasteiger partial charge is 0.324 e. The molecule has 0 aliphatic rings. The van der Waals surface area contributed by atoms with E-state index in [1.165, 1.54) is 36.4 Å². The SMILES string of the molecule is C[C@H](NCC(=O)Nc1ccccc1C(=O)Nc1ccc(F)cc1)c1cccc(F)c1. The molecule has 0 spiro atoms. The summed E-state index contributed by atoms with van der Waals surface area (Å²) >= 11 is 0. The second-order valence-corrected chi connectivity index (χ2v) is 6.71. The smallest absolute Gasteiger partial charge is 0.257 e. The second kappa shape index (κ2) is 9.76. The molecule has 0 saturated heterocycles. The first-order valence-corrected chi connectivity index (χ1v) is 9.37. The fourth-order valence-electron chi connectivity index (χ4n) is 2.86. The van der Waals surface area contributed by atoms with Crippen LogP contribution in [0.2, 0.25) is 0 Å². The Balaban J connectivity index is 1.61. The molecule has 3 rings (SSSR count). The maximum Gasteiger partial charge on any atom is 0.257 e. The molecule has 3 N–H and O–H groups in total. The topological polar surface area (TPSA) is 70.2 Å². The molecule has 3 aromatic rings. The van der Waals surface area contributed by atoms with Crippen molar-refractivity contribution in [2.75, 3.05) is 17.2 Å². The van der Waals surface area contributed by atoms with E-state index in [0.29, 0.717) is 11.4 Å². The van der Waals surface area contributed by atoms with E-state index in [9.17, 15) is 18.4 Å². The van der Waals surface area contributed by atoms with E-state index in [0.717, 1.165) is 5.56 Å². The highest BCUT2D eigenvalue weighted by Crippen LogP contribution is 2.18. The van der Waals surface area contributed by atoms with Crippen molar-refractivity contribution in [1.29, 1.82) is 0 Å². The zero-order valence-corrected chi connectivity index (χ0v) is 16.3.